The van der Waals surface area contributed by atoms with Crippen LogP contribution in [0.25, 0.3) is 0 Å². The van der Waals surface area contributed by atoms with Crippen molar-refractivity contribution < 1.29 is 0 Å². The predicted octanol–water partition coefficient (Wildman–Crippen LogP) is 3.71. The first-order valence-electron chi connectivity index (χ1n) is 8.14. The first kappa shape index (κ1) is 16.0. The van der Waals surface area contributed by atoms with Crippen molar-refractivity contribution in [3.05, 3.63) is 0 Å². The lowest BCUT2D eigenvalue weighted by molar-refractivity contribution is 0.339. The quantitative estimate of drug-likeness (QED) is 0.581. The third kappa shape index (κ3) is 6.19. The van der Waals surface area contributed by atoms with Crippen LogP contribution in [0.3, 0.4) is 0 Å². The normalized spacial score (nSPS) is 24.0. The molecule has 2 heteroatoms. The lowest BCUT2D eigenvalue weighted by Crippen LogP contribution is -2.48. The molecule has 0 spiro atoms. The van der Waals surface area contributed by atoms with Crippen molar-refractivity contribution in [3.63, 3.8) is 0 Å². The van der Waals surface area contributed by atoms with Crippen LogP contribution in [-0.4, -0.2) is 25.2 Å². The fourth-order valence-corrected chi connectivity index (χ4v) is 2.93. The lowest BCUT2D eigenvalue weighted by Gasteiger charge is -2.28. The van der Waals surface area contributed by atoms with E-state index in [9.17, 15) is 0 Å². The van der Waals surface area contributed by atoms with Gasteiger partial charge in [0.1, 0.15) is 0 Å². The summed E-state index contributed by atoms with van der Waals surface area (Å²) < 4.78 is 0. The highest BCUT2D eigenvalue weighted by Gasteiger charge is 2.30. The average Bonchev–Trinajstić information content (AvgIpc) is 2.81. The molecule has 1 rings (SSSR count). The van der Waals surface area contributed by atoms with Crippen LogP contribution >= 0.6 is 0 Å². The average molecular weight is 254 g/mol. The van der Waals surface area contributed by atoms with Crippen LogP contribution < -0.4 is 10.6 Å². The van der Waals surface area contributed by atoms with Gasteiger partial charge in [-0.15, -0.1) is 0 Å². The molecule has 0 radical (unpaired) electrons. The van der Waals surface area contributed by atoms with Crippen molar-refractivity contribution in [1.82, 2.24) is 10.6 Å². The predicted molar refractivity (Wildman–Crippen MR) is 81.1 cm³/mol. The minimum Gasteiger partial charge on any atom is -0.315 e. The molecule has 1 atom stereocenters. The summed E-state index contributed by atoms with van der Waals surface area (Å²) >= 11 is 0. The lowest BCUT2D eigenvalue weighted by atomic mass is 9.94. The Bertz CT molecular complexity index is 195. The zero-order chi connectivity index (χ0) is 13.3. The molecule has 1 unspecified atom stereocenters. The summed E-state index contributed by atoms with van der Waals surface area (Å²) in [5.74, 6) is 0.876. The number of unbranched alkanes of at least 4 members (excludes halogenated alkanes) is 3. The van der Waals surface area contributed by atoms with Crippen LogP contribution in [0.1, 0.15) is 72.1 Å². The smallest absolute Gasteiger partial charge is 0.0304 e. The molecule has 108 valence electrons. The third-order valence-electron chi connectivity index (χ3n) is 4.36. The second-order valence-electron chi connectivity index (χ2n) is 6.44. The molecule has 1 saturated heterocycles. The van der Waals surface area contributed by atoms with Gasteiger partial charge in [-0.2, -0.15) is 0 Å². The second kappa shape index (κ2) is 8.92. The molecule has 2 nitrogen and oxygen atoms in total. The first-order chi connectivity index (χ1) is 8.68. The Balaban J connectivity index is 1.92. The van der Waals surface area contributed by atoms with Gasteiger partial charge in [-0.25, -0.2) is 0 Å². The Morgan fingerprint density at radius 2 is 1.94 bits per heavy atom. The van der Waals surface area contributed by atoms with Crippen LogP contribution in [0.2, 0.25) is 0 Å². The number of nitrogens with one attached hydrogen (secondary N) is 2. The highest BCUT2D eigenvalue weighted by molar-refractivity contribution is 4.93. The Morgan fingerprint density at radius 1 is 1.17 bits per heavy atom. The summed E-state index contributed by atoms with van der Waals surface area (Å²) in [6.45, 7) is 10.5. The van der Waals surface area contributed by atoms with Gasteiger partial charge in [0, 0.05) is 12.1 Å². The number of hydrogen-bond donors (Lipinski definition) is 2. The Morgan fingerprint density at radius 3 is 2.56 bits per heavy atom. The summed E-state index contributed by atoms with van der Waals surface area (Å²) in [5.41, 5.74) is 0.414. The van der Waals surface area contributed by atoms with Crippen LogP contribution in [0.15, 0.2) is 0 Å². The summed E-state index contributed by atoms with van der Waals surface area (Å²) in [6, 6.07) is 0. The van der Waals surface area contributed by atoms with Crippen molar-refractivity contribution in [2.45, 2.75) is 77.7 Å². The van der Waals surface area contributed by atoms with E-state index in [0.717, 1.165) is 12.5 Å². The summed E-state index contributed by atoms with van der Waals surface area (Å²) in [6.07, 6.45) is 10.9. The van der Waals surface area contributed by atoms with E-state index >= 15 is 0 Å². The maximum atomic E-state index is 3.68. The standard InChI is InChI=1S/C16H34N2/c1-4-16(11-9-13-18-16)14-17-12-8-6-5-7-10-15(2)3/h15,17-18H,4-14H2,1-3H3. The number of rotatable bonds is 10. The number of hydrogen-bond acceptors (Lipinski definition) is 2. The largest absolute Gasteiger partial charge is 0.315 e. The van der Waals surface area contributed by atoms with E-state index in [-0.39, 0.29) is 0 Å². The van der Waals surface area contributed by atoms with E-state index in [1.807, 2.05) is 0 Å². The van der Waals surface area contributed by atoms with Crippen molar-refractivity contribution >= 4 is 0 Å². The van der Waals surface area contributed by atoms with Gasteiger partial charge in [-0.05, 0) is 44.7 Å². The first-order valence-corrected chi connectivity index (χ1v) is 8.14. The van der Waals surface area contributed by atoms with Gasteiger partial charge >= 0.3 is 0 Å². The molecule has 0 saturated carbocycles. The minimum absolute atomic E-state index is 0.414. The Labute approximate surface area is 114 Å². The summed E-state index contributed by atoms with van der Waals surface area (Å²) in [4.78, 5) is 0. The third-order valence-corrected chi connectivity index (χ3v) is 4.36. The SMILES string of the molecule is CCC1(CNCCCCCCC(C)C)CCCN1. The summed E-state index contributed by atoms with van der Waals surface area (Å²) in [7, 11) is 0. The van der Waals surface area contributed by atoms with Gasteiger partial charge < -0.3 is 10.6 Å². The molecule has 0 aliphatic carbocycles. The van der Waals surface area contributed by atoms with Gasteiger partial charge in [-0.1, -0.05) is 46.5 Å². The van der Waals surface area contributed by atoms with E-state index in [2.05, 4.69) is 31.4 Å². The van der Waals surface area contributed by atoms with E-state index in [1.165, 1.54) is 64.5 Å². The van der Waals surface area contributed by atoms with Crippen LogP contribution in [0.5, 0.6) is 0 Å². The minimum atomic E-state index is 0.414. The van der Waals surface area contributed by atoms with E-state index in [1.54, 1.807) is 0 Å². The highest BCUT2D eigenvalue weighted by atomic mass is 15.1. The monoisotopic (exact) mass is 254 g/mol. The molecule has 1 aliphatic rings. The second-order valence-corrected chi connectivity index (χ2v) is 6.44. The van der Waals surface area contributed by atoms with Gasteiger partial charge in [0.2, 0.25) is 0 Å². The molecule has 0 aromatic heterocycles. The van der Waals surface area contributed by atoms with Crippen molar-refractivity contribution in [2.75, 3.05) is 19.6 Å². The molecule has 0 bridgehead atoms. The molecule has 18 heavy (non-hydrogen) atoms. The zero-order valence-corrected chi connectivity index (χ0v) is 12.9. The Hall–Kier alpha value is -0.0800. The maximum absolute atomic E-state index is 3.68. The van der Waals surface area contributed by atoms with Crippen molar-refractivity contribution in [3.8, 4) is 0 Å². The van der Waals surface area contributed by atoms with E-state index < -0.39 is 0 Å². The molecular weight excluding hydrogens is 220 g/mol. The summed E-state index contributed by atoms with van der Waals surface area (Å²) in [5, 5.41) is 7.34. The van der Waals surface area contributed by atoms with E-state index in [4.69, 9.17) is 0 Å². The van der Waals surface area contributed by atoms with Crippen molar-refractivity contribution in [1.29, 1.82) is 0 Å². The van der Waals surface area contributed by atoms with Gasteiger partial charge in [0.25, 0.3) is 0 Å². The molecule has 0 aromatic carbocycles. The zero-order valence-electron chi connectivity index (χ0n) is 12.9. The van der Waals surface area contributed by atoms with Gasteiger partial charge in [0.15, 0.2) is 0 Å². The van der Waals surface area contributed by atoms with Crippen LogP contribution in [-0.2, 0) is 0 Å². The highest BCUT2D eigenvalue weighted by Crippen LogP contribution is 2.21. The molecule has 1 aliphatic heterocycles. The molecule has 1 fully saturated rings. The fourth-order valence-electron chi connectivity index (χ4n) is 2.93. The fraction of sp³-hybridized carbons (Fsp3) is 1.00. The Kier molecular flexibility index (Phi) is 7.92. The molecule has 0 aromatic rings. The molecular formula is C16H34N2. The van der Waals surface area contributed by atoms with Gasteiger partial charge in [-0.3, -0.25) is 0 Å². The molecule has 0 amide bonds. The molecule has 2 N–H and O–H groups in total. The van der Waals surface area contributed by atoms with E-state index in [0.29, 0.717) is 5.54 Å². The van der Waals surface area contributed by atoms with Crippen LogP contribution in [0, 0.1) is 5.92 Å². The topological polar surface area (TPSA) is 24.1 Å². The molecule has 1 heterocycles. The van der Waals surface area contributed by atoms with Crippen molar-refractivity contribution in [2.24, 2.45) is 5.92 Å². The van der Waals surface area contributed by atoms with Gasteiger partial charge in [0.05, 0.1) is 0 Å². The maximum Gasteiger partial charge on any atom is 0.0304 e. The van der Waals surface area contributed by atoms with Crippen LogP contribution in [0.4, 0.5) is 0 Å².